The molecule has 0 saturated carbocycles. The Morgan fingerprint density at radius 3 is 2.56 bits per heavy atom. The van der Waals surface area contributed by atoms with Gasteiger partial charge >= 0.3 is 0 Å². The van der Waals surface area contributed by atoms with Gasteiger partial charge in [0.1, 0.15) is 11.4 Å². The van der Waals surface area contributed by atoms with Crippen molar-refractivity contribution in [3.63, 3.8) is 0 Å². The molecule has 6 heteroatoms. The molecule has 2 aromatic carbocycles. The molecular formula is C21H16ClN3O2. The van der Waals surface area contributed by atoms with Gasteiger partial charge in [0.05, 0.1) is 17.0 Å². The highest BCUT2D eigenvalue weighted by atomic mass is 35.5. The van der Waals surface area contributed by atoms with Crippen molar-refractivity contribution >= 4 is 23.2 Å². The number of aryl methyl sites for hydroxylation is 1. The van der Waals surface area contributed by atoms with Crippen molar-refractivity contribution in [2.75, 3.05) is 5.32 Å². The Labute approximate surface area is 161 Å². The van der Waals surface area contributed by atoms with Crippen LogP contribution in [0.25, 0.3) is 17.1 Å². The summed E-state index contributed by atoms with van der Waals surface area (Å²) < 4.78 is 6.96. The van der Waals surface area contributed by atoms with Crippen molar-refractivity contribution in [1.29, 1.82) is 0 Å². The van der Waals surface area contributed by atoms with Crippen LogP contribution in [-0.2, 0) is 0 Å². The van der Waals surface area contributed by atoms with E-state index in [4.69, 9.17) is 16.0 Å². The number of carbonyl (C=O) groups excluding carboxylic acids is 1. The summed E-state index contributed by atoms with van der Waals surface area (Å²) in [5.74, 6) is 0.286. The first-order chi connectivity index (χ1) is 13.1. The Hall–Kier alpha value is -3.31. The number of nitrogens with one attached hydrogen (secondary N) is 1. The Morgan fingerprint density at radius 2 is 1.85 bits per heavy atom. The van der Waals surface area contributed by atoms with Crippen molar-refractivity contribution < 1.29 is 9.21 Å². The van der Waals surface area contributed by atoms with Crippen LogP contribution in [-0.4, -0.2) is 15.7 Å². The highest BCUT2D eigenvalue weighted by Gasteiger charge is 2.20. The second kappa shape index (κ2) is 7.13. The molecule has 2 aromatic heterocycles. The van der Waals surface area contributed by atoms with Gasteiger partial charge in [0.25, 0.3) is 5.91 Å². The molecule has 0 unspecified atom stereocenters. The fraction of sp³-hybridized carbons (Fsp3) is 0.0476. The average Bonchev–Trinajstić information content (AvgIpc) is 3.33. The van der Waals surface area contributed by atoms with Crippen LogP contribution in [0.5, 0.6) is 0 Å². The lowest BCUT2D eigenvalue weighted by atomic mass is 10.2. The molecule has 1 N–H and O–H groups in total. The zero-order valence-electron chi connectivity index (χ0n) is 14.5. The molecule has 0 aliphatic heterocycles. The van der Waals surface area contributed by atoms with Crippen molar-refractivity contribution in [3.05, 3.63) is 89.3 Å². The Kier molecular flexibility index (Phi) is 4.52. The molecule has 0 aliphatic carbocycles. The number of para-hydroxylation sites is 1. The van der Waals surface area contributed by atoms with E-state index >= 15 is 0 Å². The van der Waals surface area contributed by atoms with Gasteiger partial charge in [-0.25, -0.2) is 4.68 Å². The number of furan rings is 1. The molecule has 1 amide bonds. The van der Waals surface area contributed by atoms with E-state index < -0.39 is 0 Å². The van der Waals surface area contributed by atoms with Crippen LogP contribution < -0.4 is 5.32 Å². The quantitative estimate of drug-likeness (QED) is 0.521. The molecule has 0 atom stereocenters. The molecule has 0 fully saturated rings. The van der Waals surface area contributed by atoms with Crippen LogP contribution in [0, 0.1) is 6.92 Å². The Bertz CT molecular complexity index is 1080. The van der Waals surface area contributed by atoms with E-state index in [0.29, 0.717) is 33.5 Å². The summed E-state index contributed by atoms with van der Waals surface area (Å²) in [5, 5.41) is 7.93. The van der Waals surface area contributed by atoms with Crippen LogP contribution >= 0.6 is 11.6 Å². The summed E-state index contributed by atoms with van der Waals surface area (Å²) in [7, 11) is 0. The van der Waals surface area contributed by atoms with Crippen molar-refractivity contribution in [2.24, 2.45) is 0 Å². The van der Waals surface area contributed by atoms with Gasteiger partial charge in [-0.1, -0.05) is 41.4 Å². The lowest BCUT2D eigenvalue weighted by Crippen LogP contribution is -2.17. The number of aromatic nitrogens is 2. The summed E-state index contributed by atoms with van der Waals surface area (Å²) in [5.41, 5.74) is 3.35. The highest BCUT2D eigenvalue weighted by Crippen LogP contribution is 2.26. The van der Waals surface area contributed by atoms with Crippen LogP contribution in [0.1, 0.15) is 16.1 Å². The van der Waals surface area contributed by atoms with Gasteiger partial charge in [0, 0.05) is 11.8 Å². The third-order valence-corrected chi connectivity index (χ3v) is 4.43. The molecule has 0 aliphatic rings. The maximum atomic E-state index is 12.9. The van der Waals surface area contributed by atoms with Gasteiger partial charge in [0.2, 0.25) is 0 Å². The smallest absolute Gasteiger partial charge is 0.274 e. The number of halogens is 1. The van der Waals surface area contributed by atoms with Gasteiger partial charge in [0.15, 0.2) is 5.76 Å². The van der Waals surface area contributed by atoms with E-state index in [1.165, 1.54) is 4.68 Å². The third kappa shape index (κ3) is 3.50. The second-order valence-electron chi connectivity index (χ2n) is 6.08. The number of carbonyl (C=O) groups is 1. The molecule has 4 rings (SSSR count). The van der Waals surface area contributed by atoms with E-state index in [9.17, 15) is 4.79 Å². The first-order valence-corrected chi connectivity index (χ1v) is 8.76. The number of rotatable bonds is 4. The molecule has 2 heterocycles. The van der Waals surface area contributed by atoms with E-state index in [-0.39, 0.29) is 5.91 Å². The molecule has 134 valence electrons. The second-order valence-corrected chi connectivity index (χ2v) is 6.48. The first-order valence-electron chi connectivity index (χ1n) is 8.39. The minimum Gasteiger partial charge on any atom is -0.463 e. The van der Waals surface area contributed by atoms with Crippen molar-refractivity contribution in [2.45, 2.75) is 6.92 Å². The standard InChI is InChI=1S/C21H16ClN3O2/c1-14-8-10-15(11-9-14)23-21(26)19-13-17(20-7-4-12-27-20)24-25(19)18-6-3-2-5-16(18)22/h2-13H,1H3,(H,23,26). The predicted octanol–water partition coefficient (Wildman–Crippen LogP) is 5.35. The summed E-state index contributed by atoms with van der Waals surface area (Å²) in [6.07, 6.45) is 1.57. The van der Waals surface area contributed by atoms with E-state index in [1.807, 2.05) is 49.4 Å². The molecular weight excluding hydrogens is 362 g/mol. The SMILES string of the molecule is Cc1ccc(NC(=O)c2cc(-c3ccco3)nn2-c2ccccc2Cl)cc1. The van der Waals surface area contributed by atoms with Crippen LogP contribution in [0.15, 0.2) is 77.4 Å². The molecule has 0 radical (unpaired) electrons. The molecule has 4 aromatic rings. The number of anilines is 1. The van der Waals surface area contributed by atoms with Gasteiger partial charge in [-0.05, 0) is 43.3 Å². The number of amides is 1. The van der Waals surface area contributed by atoms with Gasteiger partial charge < -0.3 is 9.73 Å². The third-order valence-electron chi connectivity index (χ3n) is 4.11. The van der Waals surface area contributed by atoms with E-state index in [2.05, 4.69) is 10.4 Å². The van der Waals surface area contributed by atoms with Crippen LogP contribution in [0.4, 0.5) is 5.69 Å². The predicted molar refractivity (Wildman–Crippen MR) is 105 cm³/mol. The number of nitrogens with zero attached hydrogens (tertiary/aromatic N) is 2. The number of hydrogen-bond acceptors (Lipinski definition) is 3. The molecule has 5 nitrogen and oxygen atoms in total. The highest BCUT2D eigenvalue weighted by molar-refractivity contribution is 6.32. The zero-order valence-corrected chi connectivity index (χ0v) is 15.3. The van der Waals surface area contributed by atoms with Gasteiger partial charge in [-0.3, -0.25) is 4.79 Å². The fourth-order valence-corrected chi connectivity index (χ4v) is 2.94. The van der Waals surface area contributed by atoms with Crippen molar-refractivity contribution in [3.8, 4) is 17.1 Å². The monoisotopic (exact) mass is 377 g/mol. The van der Waals surface area contributed by atoms with E-state index in [1.54, 1.807) is 30.5 Å². The molecule has 27 heavy (non-hydrogen) atoms. The van der Waals surface area contributed by atoms with Gasteiger partial charge in [-0.2, -0.15) is 5.10 Å². The minimum atomic E-state index is -0.288. The Morgan fingerprint density at radius 1 is 1.07 bits per heavy atom. The maximum absolute atomic E-state index is 12.9. The summed E-state index contributed by atoms with van der Waals surface area (Å²) in [6, 6.07) is 20.1. The number of hydrogen-bond donors (Lipinski definition) is 1. The summed E-state index contributed by atoms with van der Waals surface area (Å²) >= 11 is 6.33. The van der Waals surface area contributed by atoms with E-state index in [0.717, 1.165) is 5.56 Å². The fourth-order valence-electron chi connectivity index (χ4n) is 2.73. The van der Waals surface area contributed by atoms with Crippen molar-refractivity contribution in [1.82, 2.24) is 9.78 Å². The normalized spacial score (nSPS) is 10.7. The summed E-state index contributed by atoms with van der Waals surface area (Å²) in [4.78, 5) is 12.9. The molecule has 0 saturated heterocycles. The van der Waals surface area contributed by atoms with Crippen LogP contribution in [0.2, 0.25) is 5.02 Å². The zero-order chi connectivity index (χ0) is 18.8. The molecule has 0 spiro atoms. The Balaban J connectivity index is 1.77. The first kappa shape index (κ1) is 17.1. The number of benzene rings is 2. The topological polar surface area (TPSA) is 60.1 Å². The maximum Gasteiger partial charge on any atom is 0.274 e. The lowest BCUT2D eigenvalue weighted by Gasteiger charge is -2.09. The average molecular weight is 378 g/mol. The largest absolute Gasteiger partial charge is 0.463 e. The van der Waals surface area contributed by atoms with Crippen LogP contribution in [0.3, 0.4) is 0 Å². The summed E-state index contributed by atoms with van der Waals surface area (Å²) in [6.45, 7) is 1.99. The minimum absolute atomic E-state index is 0.288. The molecule has 0 bridgehead atoms. The lowest BCUT2D eigenvalue weighted by molar-refractivity contribution is 0.101. The van der Waals surface area contributed by atoms with Gasteiger partial charge in [-0.15, -0.1) is 0 Å².